The maximum atomic E-state index is 13.1. The van der Waals surface area contributed by atoms with Gasteiger partial charge in [-0.25, -0.2) is 18.4 Å². The molecule has 1 aromatic carbocycles. The minimum absolute atomic E-state index is 0.143. The van der Waals surface area contributed by atoms with Crippen LogP contribution >= 0.6 is 0 Å². The quantitative estimate of drug-likeness (QED) is 0.470. The number of aromatic nitrogens is 3. The van der Waals surface area contributed by atoms with Crippen molar-refractivity contribution in [2.24, 2.45) is 5.92 Å². The van der Waals surface area contributed by atoms with Crippen LogP contribution in [-0.2, 0) is 29.4 Å². The number of sulfonamides is 1. The number of fused-ring (bicyclic) bond motifs is 1. The van der Waals surface area contributed by atoms with Crippen molar-refractivity contribution in [1.82, 2.24) is 19.9 Å². The third-order valence-electron chi connectivity index (χ3n) is 6.17. The number of hydrogen-bond acceptors (Lipinski definition) is 7. The van der Waals surface area contributed by atoms with E-state index in [9.17, 15) is 8.42 Å². The summed E-state index contributed by atoms with van der Waals surface area (Å²) in [6.07, 6.45) is 6.61. The van der Waals surface area contributed by atoms with Crippen LogP contribution in [0.1, 0.15) is 56.1 Å². The van der Waals surface area contributed by atoms with Gasteiger partial charge in [0.05, 0.1) is 29.6 Å². The monoisotopic (exact) mass is 495 g/mol. The molecule has 186 valence electrons. The number of anilines is 1. The third kappa shape index (κ3) is 6.15. The lowest BCUT2D eigenvalue weighted by Gasteiger charge is -2.34. The smallest absolute Gasteiger partial charge is 0.263 e. The maximum absolute atomic E-state index is 13.1. The molecule has 0 radical (unpaired) electrons. The van der Waals surface area contributed by atoms with Gasteiger partial charge >= 0.3 is 0 Å². The molecule has 1 N–H and O–H groups in total. The molecular weight excluding hydrogens is 462 g/mol. The summed E-state index contributed by atoms with van der Waals surface area (Å²) in [5.41, 5.74) is 4.13. The summed E-state index contributed by atoms with van der Waals surface area (Å²) < 4.78 is 34.1. The Bertz CT molecular complexity index is 1240. The van der Waals surface area contributed by atoms with Crippen molar-refractivity contribution in [1.29, 1.82) is 0 Å². The van der Waals surface area contributed by atoms with Crippen LogP contribution in [0, 0.1) is 5.92 Å². The molecule has 0 saturated carbocycles. The average Bonchev–Trinajstić information content (AvgIpc) is 2.84. The Morgan fingerprint density at radius 3 is 2.51 bits per heavy atom. The fourth-order valence-corrected chi connectivity index (χ4v) is 5.31. The standard InChI is InChI=1S/C26H33N5O3S/c1-5-34-26-9-7-21(14-29-26)19(4)31-11-10-20-6-8-24(13-22(20)17-31)35(32,33)30-25-16-27-23(15-28-25)12-18(2)3/h6-9,13-16,18-19H,5,10-12,17H2,1-4H3,(H,28,30)/t19-/m1/s1. The van der Waals surface area contributed by atoms with E-state index in [4.69, 9.17) is 4.74 Å². The topological polar surface area (TPSA) is 97.3 Å². The lowest BCUT2D eigenvalue weighted by Crippen LogP contribution is -2.33. The molecule has 0 fully saturated rings. The van der Waals surface area contributed by atoms with E-state index < -0.39 is 10.0 Å². The summed E-state index contributed by atoms with van der Waals surface area (Å²) in [6.45, 7) is 10.4. The van der Waals surface area contributed by atoms with Crippen molar-refractivity contribution >= 4 is 15.8 Å². The Kier molecular flexibility index (Phi) is 7.66. The fourth-order valence-electron chi connectivity index (χ4n) is 4.26. The molecule has 8 nitrogen and oxygen atoms in total. The first-order valence-electron chi connectivity index (χ1n) is 12.0. The van der Waals surface area contributed by atoms with Gasteiger partial charge in [-0.15, -0.1) is 0 Å². The SMILES string of the molecule is CCOc1ccc([C@@H](C)N2CCc3ccc(S(=O)(=O)Nc4cnc(CC(C)C)cn4)cc3C2)cn1. The van der Waals surface area contributed by atoms with Crippen LogP contribution in [0.15, 0.2) is 53.8 Å². The molecular formula is C26H33N5O3S. The molecule has 2 aromatic heterocycles. The molecule has 0 saturated heterocycles. The highest BCUT2D eigenvalue weighted by molar-refractivity contribution is 7.92. The molecule has 0 bridgehead atoms. The molecule has 1 aliphatic rings. The van der Waals surface area contributed by atoms with E-state index >= 15 is 0 Å². The Morgan fingerprint density at radius 2 is 1.86 bits per heavy atom. The fraction of sp³-hybridized carbons (Fsp3) is 0.423. The van der Waals surface area contributed by atoms with Crippen molar-refractivity contribution in [3.63, 3.8) is 0 Å². The van der Waals surface area contributed by atoms with E-state index in [1.165, 1.54) is 11.8 Å². The summed E-state index contributed by atoms with van der Waals surface area (Å²) in [5, 5.41) is 0. The van der Waals surface area contributed by atoms with Crippen LogP contribution in [0.4, 0.5) is 5.82 Å². The van der Waals surface area contributed by atoms with Crippen LogP contribution in [-0.4, -0.2) is 41.4 Å². The van der Waals surface area contributed by atoms with E-state index in [-0.39, 0.29) is 16.8 Å². The van der Waals surface area contributed by atoms with Crippen molar-refractivity contribution in [2.75, 3.05) is 17.9 Å². The largest absolute Gasteiger partial charge is 0.478 e. The number of rotatable bonds is 9. The molecule has 0 spiro atoms. The van der Waals surface area contributed by atoms with Crippen molar-refractivity contribution in [3.8, 4) is 5.88 Å². The van der Waals surface area contributed by atoms with E-state index in [1.54, 1.807) is 18.3 Å². The normalized spacial score (nSPS) is 15.0. The zero-order valence-electron chi connectivity index (χ0n) is 20.7. The summed E-state index contributed by atoms with van der Waals surface area (Å²) in [4.78, 5) is 15.5. The number of benzene rings is 1. The van der Waals surface area contributed by atoms with Gasteiger partial charge in [0.25, 0.3) is 10.0 Å². The van der Waals surface area contributed by atoms with Crippen LogP contribution in [0.25, 0.3) is 0 Å². The summed E-state index contributed by atoms with van der Waals surface area (Å²) in [6, 6.07) is 9.43. The van der Waals surface area contributed by atoms with Gasteiger partial charge < -0.3 is 4.74 Å². The average molecular weight is 496 g/mol. The number of pyridine rings is 1. The van der Waals surface area contributed by atoms with Gasteiger partial charge in [0, 0.05) is 31.4 Å². The molecule has 0 unspecified atom stereocenters. The van der Waals surface area contributed by atoms with Gasteiger partial charge in [-0.1, -0.05) is 26.0 Å². The Morgan fingerprint density at radius 1 is 1.03 bits per heavy atom. The van der Waals surface area contributed by atoms with Gasteiger partial charge in [0.2, 0.25) is 5.88 Å². The van der Waals surface area contributed by atoms with Gasteiger partial charge in [-0.05, 0) is 61.4 Å². The van der Waals surface area contributed by atoms with Crippen LogP contribution < -0.4 is 9.46 Å². The van der Waals surface area contributed by atoms with E-state index in [0.717, 1.165) is 36.2 Å². The van der Waals surface area contributed by atoms with Crippen LogP contribution in [0.3, 0.4) is 0 Å². The summed E-state index contributed by atoms with van der Waals surface area (Å²) >= 11 is 0. The Hall–Kier alpha value is -3.04. The molecule has 3 heterocycles. The molecule has 0 amide bonds. The predicted molar refractivity (Wildman–Crippen MR) is 136 cm³/mol. The first kappa shape index (κ1) is 25.1. The van der Waals surface area contributed by atoms with E-state index in [2.05, 4.69) is 45.3 Å². The lowest BCUT2D eigenvalue weighted by molar-refractivity contribution is 0.191. The molecule has 1 atom stereocenters. The molecule has 35 heavy (non-hydrogen) atoms. The Labute approximate surface area is 207 Å². The molecule has 4 rings (SSSR count). The zero-order valence-corrected chi connectivity index (χ0v) is 21.5. The minimum atomic E-state index is -3.78. The number of hydrogen-bond donors (Lipinski definition) is 1. The summed E-state index contributed by atoms with van der Waals surface area (Å²) in [7, 11) is -3.78. The highest BCUT2D eigenvalue weighted by Crippen LogP contribution is 2.29. The lowest BCUT2D eigenvalue weighted by atomic mass is 9.97. The van der Waals surface area contributed by atoms with Gasteiger partial charge in [0.15, 0.2) is 5.82 Å². The van der Waals surface area contributed by atoms with Crippen molar-refractivity contribution in [2.45, 2.75) is 58.0 Å². The summed E-state index contributed by atoms with van der Waals surface area (Å²) in [5.74, 6) is 1.29. The number of nitrogens with one attached hydrogen (secondary N) is 1. The zero-order chi connectivity index (χ0) is 25.0. The third-order valence-corrected chi connectivity index (χ3v) is 7.53. The van der Waals surface area contributed by atoms with Crippen molar-refractivity contribution < 1.29 is 13.2 Å². The molecule has 3 aromatic rings. The molecule has 9 heteroatoms. The van der Waals surface area contributed by atoms with Gasteiger partial charge in [-0.3, -0.25) is 14.6 Å². The highest BCUT2D eigenvalue weighted by Gasteiger charge is 2.24. The maximum Gasteiger partial charge on any atom is 0.263 e. The first-order valence-corrected chi connectivity index (χ1v) is 13.5. The van der Waals surface area contributed by atoms with Gasteiger partial charge in [-0.2, -0.15) is 0 Å². The molecule has 0 aliphatic carbocycles. The number of nitrogens with zero attached hydrogens (tertiary/aromatic N) is 4. The Balaban J connectivity index is 1.47. The first-order chi connectivity index (χ1) is 16.7. The second-order valence-electron chi connectivity index (χ2n) is 9.29. The van der Waals surface area contributed by atoms with E-state index in [0.29, 0.717) is 24.9 Å². The second kappa shape index (κ2) is 10.7. The molecule has 1 aliphatic heterocycles. The van der Waals surface area contributed by atoms with E-state index in [1.807, 2.05) is 31.3 Å². The van der Waals surface area contributed by atoms with Crippen LogP contribution in [0.2, 0.25) is 0 Å². The highest BCUT2D eigenvalue weighted by atomic mass is 32.2. The van der Waals surface area contributed by atoms with Crippen molar-refractivity contribution in [3.05, 3.63) is 71.3 Å². The minimum Gasteiger partial charge on any atom is -0.478 e. The van der Waals surface area contributed by atoms with Gasteiger partial charge in [0.1, 0.15) is 0 Å². The second-order valence-corrected chi connectivity index (χ2v) is 11.0. The number of ether oxygens (including phenoxy) is 1. The van der Waals surface area contributed by atoms with Crippen LogP contribution in [0.5, 0.6) is 5.88 Å². The predicted octanol–water partition coefficient (Wildman–Crippen LogP) is 4.39.